The summed E-state index contributed by atoms with van der Waals surface area (Å²) in [6.45, 7) is 2.27. The second kappa shape index (κ2) is 6.69. The summed E-state index contributed by atoms with van der Waals surface area (Å²) in [6.07, 6.45) is 1.31. The van der Waals surface area contributed by atoms with Crippen molar-refractivity contribution in [2.45, 2.75) is 4.90 Å². The van der Waals surface area contributed by atoms with E-state index in [9.17, 15) is 18.0 Å². The number of sulfonamides is 1. The highest BCUT2D eigenvalue weighted by molar-refractivity contribution is 7.89. The lowest BCUT2D eigenvalue weighted by molar-refractivity contribution is -0.131. The highest BCUT2D eigenvalue weighted by atomic mass is 32.2. The van der Waals surface area contributed by atoms with E-state index in [4.69, 9.17) is 5.73 Å². The molecule has 0 aromatic carbocycles. The maximum atomic E-state index is 12.5. The standard InChI is InChI=1S/C13H21N5O4S/c1-16-8-10(7-11(16)13(14)20)23(21,22)17(2)9-12(19)18-5-3-15-4-6-18/h7-8,15H,3-6,9H2,1-2H3,(H2,14,20). The average Bonchev–Trinajstić information content (AvgIpc) is 2.91. The van der Waals surface area contributed by atoms with Gasteiger partial charge in [0.15, 0.2) is 0 Å². The predicted octanol–water partition coefficient (Wildman–Crippen LogP) is -1.82. The van der Waals surface area contributed by atoms with Crippen LogP contribution in [0.4, 0.5) is 0 Å². The molecule has 0 aliphatic carbocycles. The number of carbonyl (C=O) groups excluding carboxylic acids is 2. The first-order valence-electron chi connectivity index (χ1n) is 7.14. The van der Waals surface area contributed by atoms with Gasteiger partial charge in [0.25, 0.3) is 5.91 Å². The van der Waals surface area contributed by atoms with Crippen molar-refractivity contribution in [3.05, 3.63) is 18.0 Å². The SMILES string of the molecule is CN(CC(=O)N1CCNCC1)S(=O)(=O)c1cc(C(N)=O)n(C)c1. The molecule has 1 aliphatic heterocycles. The van der Waals surface area contributed by atoms with Gasteiger partial charge >= 0.3 is 0 Å². The van der Waals surface area contributed by atoms with Gasteiger partial charge in [-0.1, -0.05) is 0 Å². The van der Waals surface area contributed by atoms with Crippen molar-refractivity contribution in [3.63, 3.8) is 0 Å². The molecule has 0 atom stereocenters. The third-order valence-electron chi connectivity index (χ3n) is 3.77. The molecule has 9 nitrogen and oxygen atoms in total. The molecule has 0 spiro atoms. The van der Waals surface area contributed by atoms with Crippen LogP contribution in [0, 0.1) is 0 Å². The van der Waals surface area contributed by atoms with Crippen LogP contribution in [0.15, 0.2) is 17.2 Å². The maximum Gasteiger partial charge on any atom is 0.265 e. The summed E-state index contributed by atoms with van der Waals surface area (Å²) in [5, 5.41) is 3.13. The molecule has 1 aromatic rings. The van der Waals surface area contributed by atoms with E-state index in [1.165, 1.54) is 30.9 Å². The van der Waals surface area contributed by atoms with Crippen molar-refractivity contribution in [1.29, 1.82) is 0 Å². The van der Waals surface area contributed by atoms with Crippen molar-refractivity contribution >= 4 is 21.8 Å². The minimum absolute atomic E-state index is 0.0654. The molecule has 2 heterocycles. The Bertz CT molecular complexity index is 706. The van der Waals surface area contributed by atoms with E-state index >= 15 is 0 Å². The van der Waals surface area contributed by atoms with E-state index in [-0.39, 0.29) is 23.0 Å². The molecule has 0 saturated carbocycles. The monoisotopic (exact) mass is 343 g/mol. The quantitative estimate of drug-likeness (QED) is 0.652. The lowest BCUT2D eigenvalue weighted by Crippen LogP contribution is -2.49. The molecule has 128 valence electrons. The number of likely N-dealkylation sites (N-methyl/N-ethyl adjacent to an activating group) is 1. The summed E-state index contributed by atoms with van der Waals surface area (Å²) in [4.78, 5) is 25.0. The number of carbonyl (C=O) groups is 2. The number of aryl methyl sites for hydroxylation is 1. The summed E-state index contributed by atoms with van der Waals surface area (Å²) in [5.74, 6) is -0.961. The van der Waals surface area contributed by atoms with Gasteiger partial charge < -0.3 is 20.5 Å². The molecule has 0 radical (unpaired) electrons. The van der Waals surface area contributed by atoms with Crippen LogP contribution < -0.4 is 11.1 Å². The Labute approximate surface area is 135 Å². The number of primary amides is 1. The van der Waals surface area contributed by atoms with Gasteiger partial charge in [-0.3, -0.25) is 9.59 Å². The second-order valence-electron chi connectivity index (χ2n) is 5.43. The van der Waals surface area contributed by atoms with Gasteiger partial charge in [-0.2, -0.15) is 4.31 Å². The normalized spacial score (nSPS) is 15.9. The number of amides is 2. The molecule has 1 saturated heterocycles. The molecule has 0 bridgehead atoms. The van der Waals surface area contributed by atoms with Gasteiger partial charge in [0.1, 0.15) is 10.6 Å². The number of hydrogen-bond donors (Lipinski definition) is 2. The summed E-state index contributed by atoms with van der Waals surface area (Å²) >= 11 is 0. The molecular weight excluding hydrogens is 322 g/mol. The Morgan fingerprint density at radius 3 is 2.48 bits per heavy atom. The third kappa shape index (κ3) is 3.71. The van der Waals surface area contributed by atoms with Gasteiger partial charge in [-0.15, -0.1) is 0 Å². The molecule has 1 fully saturated rings. The lowest BCUT2D eigenvalue weighted by Gasteiger charge is -2.29. The molecule has 1 aliphatic rings. The molecule has 2 rings (SSSR count). The van der Waals surface area contributed by atoms with E-state index in [0.29, 0.717) is 26.2 Å². The minimum atomic E-state index is -3.87. The molecule has 10 heteroatoms. The van der Waals surface area contributed by atoms with E-state index in [2.05, 4.69) is 5.32 Å². The highest BCUT2D eigenvalue weighted by Crippen LogP contribution is 2.17. The van der Waals surface area contributed by atoms with Crippen LogP contribution in [-0.4, -0.2) is 73.8 Å². The molecular formula is C13H21N5O4S. The van der Waals surface area contributed by atoms with Crippen LogP contribution in [0.5, 0.6) is 0 Å². The van der Waals surface area contributed by atoms with Crippen LogP contribution >= 0.6 is 0 Å². The number of nitrogens with two attached hydrogens (primary N) is 1. The molecule has 1 aromatic heterocycles. The fourth-order valence-corrected chi connectivity index (χ4v) is 3.58. The van der Waals surface area contributed by atoms with Gasteiger partial charge in [0.05, 0.1) is 6.54 Å². The number of hydrogen-bond acceptors (Lipinski definition) is 5. The Morgan fingerprint density at radius 2 is 1.96 bits per heavy atom. The highest BCUT2D eigenvalue weighted by Gasteiger charge is 2.27. The summed E-state index contributed by atoms with van der Waals surface area (Å²) in [7, 11) is -0.994. The van der Waals surface area contributed by atoms with Gasteiger partial charge in [-0.05, 0) is 6.07 Å². The van der Waals surface area contributed by atoms with Gasteiger partial charge in [-0.25, -0.2) is 8.42 Å². The Balaban J connectivity index is 2.13. The van der Waals surface area contributed by atoms with Gasteiger partial charge in [0, 0.05) is 46.5 Å². The molecule has 3 N–H and O–H groups in total. The first-order valence-corrected chi connectivity index (χ1v) is 8.58. The van der Waals surface area contributed by atoms with E-state index < -0.39 is 15.9 Å². The van der Waals surface area contributed by atoms with Crippen LogP contribution in [0.25, 0.3) is 0 Å². The fraction of sp³-hybridized carbons (Fsp3) is 0.538. The zero-order valence-electron chi connectivity index (χ0n) is 13.2. The van der Waals surface area contributed by atoms with Gasteiger partial charge in [0.2, 0.25) is 15.9 Å². The lowest BCUT2D eigenvalue weighted by atomic mass is 10.3. The topological polar surface area (TPSA) is 118 Å². The largest absolute Gasteiger partial charge is 0.364 e. The predicted molar refractivity (Wildman–Crippen MR) is 83.2 cm³/mol. The Morgan fingerprint density at radius 1 is 1.35 bits per heavy atom. The minimum Gasteiger partial charge on any atom is -0.364 e. The number of nitrogens with one attached hydrogen (secondary N) is 1. The Hall–Kier alpha value is -1.91. The summed E-state index contributed by atoms with van der Waals surface area (Å²) < 4.78 is 27.4. The van der Waals surface area contributed by atoms with Crippen molar-refractivity contribution in [1.82, 2.24) is 19.1 Å². The number of aromatic nitrogens is 1. The Kier molecular flexibility index (Phi) is 5.07. The number of piperazine rings is 1. The van der Waals surface area contributed by atoms with Crippen molar-refractivity contribution < 1.29 is 18.0 Å². The van der Waals surface area contributed by atoms with Crippen molar-refractivity contribution in [2.24, 2.45) is 12.8 Å². The third-order valence-corrected chi connectivity index (χ3v) is 5.54. The first kappa shape index (κ1) is 17.4. The van der Waals surface area contributed by atoms with Crippen LogP contribution in [0.1, 0.15) is 10.5 Å². The zero-order valence-corrected chi connectivity index (χ0v) is 14.0. The van der Waals surface area contributed by atoms with Crippen molar-refractivity contribution in [2.75, 3.05) is 39.8 Å². The summed E-state index contributed by atoms with van der Waals surface area (Å²) in [6, 6.07) is 1.21. The van der Waals surface area contributed by atoms with Crippen LogP contribution in [0.3, 0.4) is 0 Å². The number of nitrogens with zero attached hydrogens (tertiary/aromatic N) is 3. The fourth-order valence-electron chi connectivity index (χ4n) is 2.39. The van der Waals surface area contributed by atoms with Crippen molar-refractivity contribution in [3.8, 4) is 0 Å². The van der Waals surface area contributed by atoms with E-state index in [1.54, 1.807) is 4.90 Å². The molecule has 23 heavy (non-hydrogen) atoms. The van der Waals surface area contributed by atoms with E-state index in [1.807, 2.05) is 0 Å². The van der Waals surface area contributed by atoms with Crippen LogP contribution in [-0.2, 0) is 21.9 Å². The first-order chi connectivity index (χ1) is 10.7. The van der Waals surface area contributed by atoms with E-state index in [0.717, 1.165) is 4.31 Å². The zero-order chi connectivity index (χ0) is 17.2. The smallest absolute Gasteiger partial charge is 0.265 e. The van der Waals surface area contributed by atoms with Crippen LogP contribution in [0.2, 0.25) is 0 Å². The maximum absolute atomic E-state index is 12.5. The summed E-state index contributed by atoms with van der Waals surface area (Å²) in [5.41, 5.74) is 5.28. The molecule has 2 amide bonds. The average molecular weight is 343 g/mol. The second-order valence-corrected chi connectivity index (χ2v) is 7.47. The number of rotatable bonds is 5. The molecule has 0 unspecified atom stereocenters.